The number of anilines is 1. The number of benzene rings is 1. The summed E-state index contributed by atoms with van der Waals surface area (Å²) in [4.78, 5) is 15.8. The van der Waals surface area contributed by atoms with Crippen LogP contribution in [0.5, 0.6) is 0 Å². The molecule has 2 aromatic rings. The predicted octanol–water partition coefficient (Wildman–Crippen LogP) is 2.00. The van der Waals surface area contributed by atoms with E-state index in [1.807, 2.05) is 30.3 Å². The SMILES string of the molecule is CN(C[C@@H](O)COCc1ccccc1)c1ccc([N+](=O)[O-])cn1. The standard InChI is InChI=1S/C16H19N3O4/c1-18(16-8-7-14(9-17-16)19(21)22)10-15(20)12-23-11-13-5-3-2-4-6-13/h2-9,15,20H,10-12H2,1H3/t15-/m1/s1. The van der Waals surface area contributed by atoms with Gasteiger partial charge in [-0.25, -0.2) is 4.98 Å². The molecule has 0 amide bonds. The van der Waals surface area contributed by atoms with Crippen molar-refractivity contribution >= 4 is 11.5 Å². The van der Waals surface area contributed by atoms with Gasteiger partial charge in [-0.2, -0.15) is 0 Å². The predicted molar refractivity (Wildman–Crippen MR) is 86.3 cm³/mol. The number of nitro groups is 1. The lowest BCUT2D eigenvalue weighted by molar-refractivity contribution is -0.385. The highest BCUT2D eigenvalue weighted by atomic mass is 16.6. The van der Waals surface area contributed by atoms with Crippen molar-refractivity contribution in [2.75, 3.05) is 25.1 Å². The maximum atomic E-state index is 10.6. The molecule has 0 saturated carbocycles. The molecule has 0 radical (unpaired) electrons. The van der Waals surface area contributed by atoms with Crippen molar-refractivity contribution < 1.29 is 14.8 Å². The second kappa shape index (κ2) is 8.21. The highest BCUT2D eigenvalue weighted by molar-refractivity contribution is 5.42. The molecular formula is C16H19N3O4. The summed E-state index contributed by atoms with van der Waals surface area (Å²) in [5.74, 6) is 0.553. The molecule has 0 spiro atoms. The molecule has 1 N–H and O–H groups in total. The molecule has 0 unspecified atom stereocenters. The van der Waals surface area contributed by atoms with Crippen LogP contribution in [0, 0.1) is 10.1 Å². The maximum absolute atomic E-state index is 10.6. The zero-order valence-electron chi connectivity index (χ0n) is 12.8. The fourth-order valence-electron chi connectivity index (χ4n) is 2.06. The number of aliphatic hydroxyl groups is 1. The van der Waals surface area contributed by atoms with Crippen LogP contribution in [0.25, 0.3) is 0 Å². The molecule has 7 heteroatoms. The molecule has 0 aliphatic heterocycles. The van der Waals surface area contributed by atoms with Crippen molar-refractivity contribution in [2.24, 2.45) is 0 Å². The van der Waals surface area contributed by atoms with Gasteiger partial charge in [0, 0.05) is 19.7 Å². The Balaban J connectivity index is 1.77. The molecule has 23 heavy (non-hydrogen) atoms. The van der Waals surface area contributed by atoms with E-state index in [0.717, 1.165) is 5.56 Å². The Kier molecular flexibility index (Phi) is 6.02. The Bertz CT molecular complexity index is 619. The van der Waals surface area contributed by atoms with E-state index in [4.69, 9.17) is 4.74 Å². The Morgan fingerprint density at radius 3 is 2.65 bits per heavy atom. The van der Waals surface area contributed by atoms with Crippen LogP contribution in [-0.4, -0.2) is 41.3 Å². The monoisotopic (exact) mass is 317 g/mol. The summed E-state index contributed by atoms with van der Waals surface area (Å²) in [7, 11) is 1.76. The first-order valence-corrected chi connectivity index (χ1v) is 7.17. The first-order chi connectivity index (χ1) is 11.1. The number of hydrogen-bond donors (Lipinski definition) is 1. The number of aliphatic hydroxyl groups excluding tert-OH is 1. The van der Waals surface area contributed by atoms with E-state index in [1.165, 1.54) is 12.3 Å². The molecule has 0 fully saturated rings. The van der Waals surface area contributed by atoms with E-state index in [9.17, 15) is 15.2 Å². The molecule has 2 rings (SSSR count). The van der Waals surface area contributed by atoms with Crippen LogP contribution in [-0.2, 0) is 11.3 Å². The number of pyridine rings is 1. The summed E-state index contributed by atoms with van der Waals surface area (Å²) in [6, 6.07) is 12.7. The van der Waals surface area contributed by atoms with Gasteiger partial charge in [-0.1, -0.05) is 30.3 Å². The van der Waals surface area contributed by atoms with Gasteiger partial charge in [0.05, 0.1) is 24.2 Å². The van der Waals surface area contributed by atoms with Crippen LogP contribution in [0.15, 0.2) is 48.7 Å². The molecule has 122 valence electrons. The Hall–Kier alpha value is -2.51. The molecule has 0 saturated heterocycles. The summed E-state index contributed by atoms with van der Waals surface area (Å²) < 4.78 is 5.48. The van der Waals surface area contributed by atoms with E-state index in [0.29, 0.717) is 19.0 Å². The van der Waals surface area contributed by atoms with Gasteiger partial charge in [0.25, 0.3) is 5.69 Å². The molecule has 1 atom stereocenters. The third-order valence-electron chi connectivity index (χ3n) is 3.24. The third kappa shape index (κ3) is 5.32. The largest absolute Gasteiger partial charge is 0.389 e. The molecule has 7 nitrogen and oxygen atoms in total. The van der Waals surface area contributed by atoms with Crippen LogP contribution in [0.1, 0.15) is 5.56 Å². The van der Waals surface area contributed by atoms with Crippen LogP contribution in [0.2, 0.25) is 0 Å². The van der Waals surface area contributed by atoms with E-state index < -0.39 is 11.0 Å². The third-order valence-corrected chi connectivity index (χ3v) is 3.24. The fourth-order valence-corrected chi connectivity index (χ4v) is 2.06. The van der Waals surface area contributed by atoms with Gasteiger partial charge >= 0.3 is 0 Å². The molecule has 1 aromatic carbocycles. The van der Waals surface area contributed by atoms with Crippen molar-refractivity contribution in [3.05, 3.63) is 64.3 Å². The molecule has 0 bridgehead atoms. The fraction of sp³-hybridized carbons (Fsp3) is 0.312. The number of hydrogen-bond acceptors (Lipinski definition) is 6. The average Bonchev–Trinajstić information content (AvgIpc) is 2.56. The summed E-state index contributed by atoms with van der Waals surface area (Å²) in [5.41, 5.74) is 0.985. The normalized spacial score (nSPS) is 11.9. The molecule has 1 heterocycles. The molecular weight excluding hydrogens is 298 g/mol. The molecule has 0 aliphatic carbocycles. The Morgan fingerprint density at radius 1 is 1.30 bits per heavy atom. The average molecular weight is 317 g/mol. The zero-order chi connectivity index (χ0) is 16.7. The van der Waals surface area contributed by atoms with Crippen molar-refractivity contribution in [2.45, 2.75) is 12.7 Å². The highest BCUT2D eigenvalue weighted by Gasteiger charge is 2.12. The lowest BCUT2D eigenvalue weighted by Crippen LogP contribution is -2.32. The highest BCUT2D eigenvalue weighted by Crippen LogP contribution is 2.14. The summed E-state index contributed by atoms with van der Waals surface area (Å²) in [6.45, 7) is 0.962. The minimum Gasteiger partial charge on any atom is -0.389 e. The van der Waals surface area contributed by atoms with E-state index >= 15 is 0 Å². The second-order valence-electron chi connectivity index (χ2n) is 5.17. The lowest BCUT2D eigenvalue weighted by Gasteiger charge is -2.21. The number of ether oxygens (including phenoxy) is 1. The van der Waals surface area contributed by atoms with E-state index in [1.54, 1.807) is 18.0 Å². The zero-order valence-corrected chi connectivity index (χ0v) is 12.8. The van der Waals surface area contributed by atoms with Gasteiger partial charge in [0.1, 0.15) is 12.0 Å². The number of rotatable bonds is 8. The maximum Gasteiger partial charge on any atom is 0.287 e. The molecule has 1 aromatic heterocycles. The molecule has 0 aliphatic rings. The van der Waals surface area contributed by atoms with E-state index in [-0.39, 0.29) is 12.3 Å². The Morgan fingerprint density at radius 2 is 2.04 bits per heavy atom. The Labute approximate surface area is 134 Å². The minimum atomic E-state index is -0.680. The van der Waals surface area contributed by atoms with Crippen molar-refractivity contribution in [1.82, 2.24) is 4.98 Å². The topological polar surface area (TPSA) is 88.7 Å². The second-order valence-corrected chi connectivity index (χ2v) is 5.17. The lowest BCUT2D eigenvalue weighted by atomic mass is 10.2. The van der Waals surface area contributed by atoms with E-state index in [2.05, 4.69) is 4.98 Å². The van der Waals surface area contributed by atoms with Gasteiger partial charge in [-0.15, -0.1) is 0 Å². The number of aromatic nitrogens is 1. The van der Waals surface area contributed by atoms with Crippen molar-refractivity contribution in [3.63, 3.8) is 0 Å². The smallest absolute Gasteiger partial charge is 0.287 e. The van der Waals surface area contributed by atoms with Gasteiger partial charge in [-0.3, -0.25) is 10.1 Å². The quantitative estimate of drug-likeness (QED) is 0.592. The first-order valence-electron chi connectivity index (χ1n) is 7.17. The first kappa shape index (κ1) is 16.9. The van der Waals surface area contributed by atoms with Crippen LogP contribution < -0.4 is 4.90 Å². The van der Waals surface area contributed by atoms with Gasteiger partial charge < -0.3 is 14.7 Å². The van der Waals surface area contributed by atoms with Crippen LogP contribution in [0.3, 0.4) is 0 Å². The van der Waals surface area contributed by atoms with Crippen LogP contribution in [0.4, 0.5) is 11.5 Å². The van der Waals surface area contributed by atoms with Crippen LogP contribution >= 0.6 is 0 Å². The van der Waals surface area contributed by atoms with Gasteiger partial charge in [-0.05, 0) is 11.6 Å². The number of likely N-dealkylation sites (N-methyl/N-ethyl adjacent to an activating group) is 1. The van der Waals surface area contributed by atoms with Gasteiger partial charge in [0.2, 0.25) is 0 Å². The summed E-state index contributed by atoms with van der Waals surface area (Å²) >= 11 is 0. The van der Waals surface area contributed by atoms with Crippen molar-refractivity contribution in [1.29, 1.82) is 0 Å². The van der Waals surface area contributed by atoms with Crippen molar-refractivity contribution in [3.8, 4) is 0 Å². The van der Waals surface area contributed by atoms with Gasteiger partial charge in [0.15, 0.2) is 0 Å². The number of nitrogens with zero attached hydrogens (tertiary/aromatic N) is 3. The summed E-state index contributed by atoms with van der Waals surface area (Å²) in [5, 5.41) is 20.6. The minimum absolute atomic E-state index is 0.0612. The summed E-state index contributed by atoms with van der Waals surface area (Å²) in [6.07, 6.45) is 0.519.